The molecule has 0 bridgehead atoms. The molecule has 1 unspecified atom stereocenters. The third kappa shape index (κ3) is 8.35. The summed E-state index contributed by atoms with van der Waals surface area (Å²) in [6.07, 6.45) is -1.59. The maximum absolute atomic E-state index is 14.4. The fourth-order valence-corrected chi connectivity index (χ4v) is 7.04. The number of nitrogens with zero attached hydrogens (tertiary/aromatic N) is 4. The van der Waals surface area contributed by atoms with E-state index in [1.807, 2.05) is 6.07 Å². The molecule has 2 saturated heterocycles. The Hall–Kier alpha value is -4.59. The van der Waals surface area contributed by atoms with Crippen LogP contribution < -0.4 is 15.3 Å². The zero-order valence-electron chi connectivity index (χ0n) is 27.1. The molecule has 18 heteroatoms. The van der Waals surface area contributed by atoms with E-state index in [4.69, 9.17) is 38.5 Å². The fourth-order valence-electron chi connectivity index (χ4n) is 5.52. The number of benzene rings is 1. The second-order valence-electron chi connectivity index (χ2n) is 11.6. The molecule has 2 aliphatic rings. The monoisotopic (exact) mass is 700 g/mol. The number of carbonyl (C=O) groups is 3. The molecule has 0 radical (unpaired) electrons. The van der Waals surface area contributed by atoms with E-state index in [0.717, 1.165) is 26.7 Å². The van der Waals surface area contributed by atoms with E-state index in [1.54, 1.807) is 30.3 Å². The molecule has 0 amide bonds. The van der Waals surface area contributed by atoms with Crippen LogP contribution >= 0.6 is 7.75 Å². The van der Waals surface area contributed by atoms with Crippen LogP contribution in [0.1, 0.15) is 45.4 Å². The Balaban J connectivity index is 1.44. The van der Waals surface area contributed by atoms with Gasteiger partial charge in [0.2, 0.25) is 5.60 Å². The van der Waals surface area contributed by atoms with Crippen LogP contribution in [0.3, 0.4) is 0 Å². The van der Waals surface area contributed by atoms with Crippen molar-refractivity contribution in [3.63, 3.8) is 0 Å². The van der Waals surface area contributed by atoms with Gasteiger partial charge in [-0.15, -0.1) is 0 Å². The van der Waals surface area contributed by atoms with Crippen molar-refractivity contribution >= 4 is 37.0 Å². The number of nitrogens with two attached hydrogens (primary N) is 1. The SMILES string of the molecule is CC(=O)O[C@H]1[C@H](c2ccc3c(N)ncnn23)O[C@](C#N)(COP(=O)(N[C@@H](C)C(=O)OCC2CCOCC2)Oc2ccccc2)[C@H]1OC(C)=O. The number of esters is 3. The van der Waals surface area contributed by atoms with E-state index >= 15 is 0 Å². The number of nitrogens with one attached hydrogen (secondary N) is 1. The van der Waals surface area contributed by atoms with Gasteiger partial charge in [0, 0.05) is 27.1 Å². The van der Waals surface area contributed by atoms with Crippen molar-refractivity contribution in [3.05, 3.63) is 54.5 Å². The number of aromatic nitrogens is 3. The molecule has 2 aliphatic heterocycles. The molecule has 17 nitrogen and oxygen atoms in total. The van der Waals surface area contributed by atoms with Crippen LogP contribution in [0.4, 0.5) is 5.82 Å². The van der Waals surface area contributed by atoms with Gasteiger partial charge in [0.15, 0.2) is 18.0 Å². The van der Waals surface area contributed by atoms with E-state index in [2.05, 4.69) is 15.2 Å². The van der Waals surface area contributed by atoms with Crippen molar-refractivity contribution in [1.29, 1.82) is 5.26 Å². The van der Waals surface area contributed by atoms with Gasteiger partial charge < -0.3 is 33.9 Å². The summed E-state index contributed by atoms with van der Waals surface area (Å²) < 4.78 is 55.5. The Bertz CT molecular complexity index is 1740. The summed E-state index contributed by atoms with van der Waals surface area (Å²) in [5, 5.41) is 17.4. The topological polar surface area (TPSA) is 225 Å². The first-order valence-electron chi connectivity index (χ1n) is 15.5. The van der Waals surface area contributed by atoms with E-state index < -0.39 is 62.2 Å². The smallest absolute Gasteiger partial charge is 0.459 e. The number of fused-ring (bicyclic) bond motifs is 1. The number of carbonyl (C=O) groups excluding carboxylic acids is 3. The molecule has 3 aromatic rings. The van der Waals surface area contributed by atoms with E-state index in [0.29, 0.717) is 18.7 Å². The number of anilines is 1. The third-order valence-electron chi connectivity index (χ3n) is 7.91. The molecule has 2 fully saturated rings. The van der Waals surface area contributed by atoms with Crippen molar-refractivity contribution < 1.29 is 51.7 Å². The first-order chi connectivity index (χ1) is 23.4. The molecule has 0 spiro atoms. The molecular weight excluding hydrogens is 663 g/mol. The Morgan fingerprint density at radius 3 is 2.53 bits per heavy atom. The number of nitriles is 1. The minimum Gasteiger partial charge on any atom is -0.464 e. The highest BCUT2D eigenvalue weighted by Crippen LogP contribution is 2.50. The van der Waals surface area contributed by atoms with Gasteiger partial charge in [-0.3, -0.25) is 18.9 Å². The molecule has 0 aliphatic carbocycles. The van der Waals surface area contributed by atoms with Crippen molar-refractivity contribution in [1.82, 2.24) is 19.7 Å². The maximum Gasteiger partial charge on any atom is 0.459 e. The van der Waals surface area contributed by atoms with Crippen LogP contribution in [0.25, 0.3) is 5.52 Å². The Kier molecular flexibility index (Phi) is 11.2. The van der Waals surface area contributed by atoms with Gasteiger partial charge in [0.05, 0.1) is 12.3 Å². The van der Waals surface area contributed by atoms with Crippen molar-refractivity contribution in [2.75, 3.05) is 32.2 Å². The third-order valence-corrected chi connectivity index (χ3v) is 9.53. The van der Waals surface area contributed by atoms with E-state index in [-0.39, 0.29) is 29.8 Å². The summed E-state index contributed by atoms with van der Waals surface area (Å²) in [5.74, 6) is -1.94. The summed E-state index contributed by atoms with van der Waals surface area (Å²) in [6, 6.07) is 11.9. The number of ether oxygens (including phenoxy) is 5. The van der Waals surface area contributed by atoms with Gasteiger partial charge in [0.25, 0.3) is 0 Å². The van der Waals surface area contributed by atoms with Gasteiger partial charge in [-0.2, -0.15) is 15.4 Å². The molecule has 4 heterocycles. The van der Waals surface area contributed by atoms with E-state index in [1.165, 1.54) is 29.9 Å². The number of para-hydroxylation sites is 1. The normalized spacial score (nSPS) is 24.3. The summed E-state index contributed by atoms with van der Waals surface area (Å²) in [5.41, 5.74) is 4.43. The highest BCUT2D eigenvalue weighted by Gasteiger charge is 2.62. The second-order valence-corrected chi connectivity index (χ2v) is 13.3. The summed E-state index contributed by atoms with van der Waals surface area (Å²) in [4.78, 5) is 41.6. The minimum absolute atomic E-state index is 0.114. The predicted octanol–water partition coefficient (Wildman–Crippen LogP) is 2.66. The summed E-state index contributed by atoms with van der Waals surface area (Å²) in [6.45, 7) is 4.10. The highest BCUT2D eigenvalue weighted by atomic mass is 31.2. The molecule has 6 atom stereocenters. The lowest BCUT2D eigenvalue weighted by Crippen LogP contribution is -2.49. The van der Waals surface area contributed by atoms with Gasteiger partial charge in [0.1, 0.15) is 42.4 Å². The van der Waals surface area contributed by atoms with Crippen LogP contribution in [0.5, 0.6) is 5.75 Å². The van der Waals surface area contributed by atoms with E-state index in [9.17, 15) is 24.2 Å². The lowest BCUT2D eigenvalue weighted by Gasteiger charge is -2.30. The molecule has 5 rings (SSSR count). The lowest BCUT2D eigenvalue weighted by molar-refractivity contribution is -0.166. The van der Waals surface area contributed by atoms with Crippen LogP contribution in [0.2, 0.25) is 0 Å². The lowest BCUT2D eigenvalue weighted by atomic mass is 9.95. The molecular formula is C31H37N6O11P. The van der Waals surface area contributed by atoms with Gasteiger partial charge >= 0.3 is 25.7 Å². The minimum atomic E-state index is -4.54. The zero-order chi connectivity index (χ0) is 35.2. The number of rotatable bonds is 13. The molecule has 2 aromatic heterocycles. The highest BCUT2D eigenvalue weighted by molar-refractivity contribution is 7.52. The Morgan fingerprint density at radius 2 is 1.86 bits per heavy atom. The largest absolute Gasteiger partial charge is 0.464 e. The molecule has 0 saturated carbocycles. The second kappa shape index (κ2) is 15.3. The first-order valence-corrected chi connectivity index (χ1v) is 17.0. The first kappa shape index (κ1) is 35.7. The number of hydrogen-bond acceptors (Lipinski definition) is 15. The molecule has 3 N–H and O–H groups in total. The standard InChI is InChI=1S/C31H37N6O11P/c1-19(30(40)43-15-22-11-13-42-14-12-22)36-49(41,48-23-7-5-4-6-8-23)44-17-31(16-32)28(46-21(3)39)27(45-20(2)38)26(47-31)24-9-10-25-29(33)34-18-35-37(24)25/h4-10,18-19,22,26-28H,11-15,17H2,1-3H3,(H,36,41)(H2,33,34,35)/t19-,26-,27-,28-,31+,49?/m0/s1. The van der Waals surface area contributed by atoms with Gasteiger partial charge in [-0.1, -0.05) is 18.2 Å². The molecule has 262 valence electrons. The fraction of sp³-hybridized carbons (Fsp3) is 0.484. The number of hydrogen-bond donors (Lipinski definition) is 2. The Morgan fingerprint density at radius 1 is 1.14 bits per heavy atom. The van der Waals surface area contributed by atoms with Gasteiger partial charge in [-0.25, -0.2) is 14.1 Å². The summed E-state index contributed by atoms with van der Waals surface area (Å²) >= 11 is 0. The predicted molar refractivity (Wildman–Crippen MR) is 168 cm³/mol. The molecule has 1 aromatic carbocycles. The van der Waals surface area contributed by atoms with Crippen LogP contribution in [-0.2, 0) is 47.2 Å². The summed E-state index contributed by atoms with van der Waals surface area (Å²) in [7, 11) is -4.54. The van der Waals surface area contributed by atoms with Crippen molar-refractivity contribution in [2.24, 2.45) is 5.92 Å². The average Bonchev–Trinajstić information content (AvgIpc) is 3.63. The van der Waals surface area contributed by atoms with Crippen LogP contribution in [0, 0.1) is 17.2 Å². The Labute approximate surface area is 281 Å². The maximum atomic E-state index is 14.4. The van der Waals surface area contributed by atoms with Crippen LogP contribution in [0.15, 0.2) is 48.8 Å². The quantitative estimate of drug-likeness (QED) is 0.148. The average molecular weight is 701 g/mol. The van der Waals surface area contributed by atoms with Crippen molar-refractivity contribution in [3.8, 4) is 11.8 Å². The van der Waals surface area contributed by atoms with Crippen molar-refractivity contribution in [2.45, 2.75) is 63.6 Å². The zero-order valence-corrected chi connectivity index (χ0v) is 27.9. The number of nitrogen functional groups attached to an aromatic ring is 1. The van der Waals surface area contributed by atoms with Gasteiger partial charge in [-0.05, 0) is 49.9 Å². The van der Waals surface area contributed by atoms with Crippen LogP contribution in [-0.4, -0.2) is 82.8 Å². The molecule has 49 heavy (non-hydrogen) atoms.